The molecule has 0 fully saturated rings. The molecule has 0 unspecified atom stereocenters. The van der Waals surface area contributed by atoms with Crippen LogP contribution in [-0.4, -0.2) is 36.4 Å². The number of amides is 2. The maximum Gasteiger partial charge on any atom is 0.263 e. The quantitative estimate of drug-likeness (QED) is 0.799. The van der Waals surface area contributed by atoms with Gasteiger partial charge in [0, 0.05) is 11.5 Å². The predicted molar refractivity (Wildman–Crippen MR) is 102 cm³/mol. The van der Waals surface area contributed by atoms with Gasteiger partial charge in [0.25, 0.3) is 5.91 Å². The topological polar surface area (TPSA) is 58.6 Å². The zero-order valence-electron chi connectivity index (χ0n) is 14.5. The summed E-state index contributed by atoms with van der Waals surface area (Å²) in [4.78, 5) is 25.9. The summed E-state index contributed by atoms with van der Waals surface area (Å²) in [5.74, 6) is 0.0983. The van der Waals surface area contributed by atoms with Gasteiger partial charge in [0.05, 0.1) is 12.2 Å². The largest absolute Gasteiger partial charge is 0.481 e. The number of para-hydroxylation sites is 1. The molecule has 0 radical (unpaired) electrons. The Kier molecular flexibility index (Phi) is 6.58. The highest BCUT2D eigenvalue weighted by molar-refractivity contribution is 9.10. The van der Waals surface area contributed by atoms with Crippen LogP contribution in [0, 0.1) is 6.92 Å². The third kappa shape index (κ3) is 5.60. The number of rotatable bonds is 6. The molecule has 2 aromatic carbocycles. The van der Waals surface area contributed by atoms with Crippen molar-refractivity contribution in [2.75, 3.05) is 18.9 Å². The summed E-state index contributed by atoms with van der Waals surface area (Å²) in [6, 6.07) is 14.8. The predicted octanol–water partition coefficient (Wildman–Crippen LogP) is 3.62. The minimum absolute atomic E-state index is 0.0539. The third-order valence-electron chi connectivity index (χ3n) is 3.56. The van der Waals surface area contributed by atoms with E-state index in [1.165, 1.54) is 4.90 Å². The Morgan fingerprint density at radius 3 is 2.60 bits per heavy atom. The average Bonchev–Trinajstić information content (AvgIpc) is 2.56. The Labute approximate surface area is 156 Å². The van der Waals surface area contributed by atoms with Crippen LogP contribution in [0.2, 0.25) is 0 Å². The average molecular weight is 405 g/mol. The van der Waals surface area contributed by atoms with Crippen molar-refractivity contribution < 1.29 is 14.3 Å². The van der Waals surface area contributed by atoms with Crippen LogP contribution in [0.4, 0.5) is 5.69 Å². The van der Waals surface area contributed by atoms with E-state index >= 15 is 0 Å². The van der Waals surface area contributed by atoms with Crippen molar-refractivity contribution in [3.8, 4) is 5.75 Å². The molecule has 6 heteroatoms. The minimum Gasteiger partial charge on any atom is -0.481 e. The van der Waals surface area contributed by atoms with Crippen molar-refractivity contribution in [2.45, 2.75) is 20.0 Å². The Morgan fingerprint density at radius 1 is 1.20 bits per heavy atom. The fourth-order valence-electron chi connectivity index (χ4n) is 2.30. The Hall–Kier alpha value is -2.34. The highest BCUT2D eigenvalue weighted by Gasteiger charge is 2.21. The number of benzene rings is 2. The summed E-state index contributed by atoms with van der Waals surface area (Å²) in [7, 11) is 1.58. The van der Waals surface area contributed by atoms with E-state index < -0.39 is 6.10 Å². The third-order valence-corrected chi connectivity index (χ3v) is 4.25. The molecule has 2 aromatic rings. The van der Waals surface area contributed by atoms with Crippen LogP contribution in [0.5, 0.6) is 5.75 Å². The molecule has 0 bridgehead atoms. The number of hydrogen-bond acceptors (Lipinski definition) is 3. The molecule has 2 amide bonds. The van der Waals surface area contributed by atoms with E-state index in [0.717, 1.165) is 10.0 Å². The maximum absolute atomic E-state index is 12.4. The number of carbonyl (C=O) groups excluding carboxylic acids is 2. The number of likely N-dealkylation sites (N-methyl/N-ethyl adjacent to an activating group) is 1. The van der Waals surface area contributed by atoms with E-state index in [-0.39, 0.29) is 18.4 Å². The van der Waals surface area contributed by atoms with E-state index in [2.05, 4.69) is 21.2 Å². The molecule has 1 N–H and O–H groups in total. The van der Waals surface area contributed by atoms with Gasteiger partial charge in [0.2, 0.25) is 5.91 Å². The van der Waals surface area contributed by atoms with Crippen LogP contribution in [-0.2, 0) is 9.59 Å². The number of ether oxygens (including phenoxy) is 1. The lowest BCUT2D eigenvalue weighted by Crippen LogP contribution is -2.42. The summed E-state index contributed by atoms with van der Waals surface area (Å²) < 4.78 is 6.45. The lowest BCUT2D eigenvalue weighted by molar-refractivity contribution is -0.139. The molecule has 5 nitrogen and oxygen atoms in total. The van der Waals surface area contributed by atoms with Gasteiger partial charge >= 0.3 is 0 Å². The first-order valence-electron chi connectivity index (χ1n) is 7.89. The summed E-state index contributed by atoms with van der Waals surface area (Å²) in [6.07, 6.45) is -0.678. The van der Waals surface area contributed by atoms with Gasteiger partial charge in [-0.3, -0.25) is 9.59 Å². The van der Waals surface area contributed by atoms with Crippen LogP contribution in [0.25, 0.3) is 0 Å². The second-order valence-corrected chi connectivity index (χ2v) is 6.65. The Morgan fingerprint density at radius 2 is 1.92 bits per heavy atom. The first kappa shape index (κ1) is 19.0. The molecule has 0 aliphatic rings. The molecule has 0 saturated carbocycles. The van der Waals surface area contributed by atoms with Crippen LogP contribution in [0.15, 0.2) is 53.0 Å². The van der Waals surface area contributed by atoms with Gasteiger partial charge < -0.3 is 15.0 Å². The highest BCUT2D eigenvalue weighted by Crippen LogP contribution is 2.21. The SMILES string of the molecule is Cc1cccc(O[C@@H](C)C(=O)N(C)CC(=O)Nc2ccccc2Br)c1. The van der Waals surface area contributed by atoms with Gasteiger partial charge in [0.1, 0.15) is 5.75 Å². The second-order valence-electron chi connectivity index (χ2n) is 5.80. The van der Waals surface area contributed by atoms with E-state index in [0.29, 0.717) is 11.4 Å². The molecule has 25 heavy (non-hydrogen) atoms. The first-order valence-corrected chi connectivity index (χ1v) is 8.69. The molecule has 0 heterocycles. The highest BCUT2D eigenvalue weighted by atomic mass is 79.9. The molecular formula is C19H21BrN2O3. The molecule has 132 valence electrons. The Balaban J connectivity index is 1.90. The lowest BCUT2D eigenvalue weighted by Gasteiger charge is -2.22. The fourth-order valence-corrected chi connectivity index (χ4v) is 2.68. The zero-order chi connectivity index (χ0) is 18.4. The molecule has 0 aliphatic heterocycles. The number of nitrogens with one attached hydrogen (secondary N) is 1. The normalized spacial score (nSPS) is 11.5. The number of halogens is 1. The molecule has 0 aliphatic carbocycles. The number of nitrogens with zero attached hydrogens (tertiary/aromatic N) is 1. The van der Waals surface area contributed by atoms with Crippen molar-refractivity contribution in [1.29, 1.82) is 0 Å². The van der Waals surface area contributed by atoms with Gasteiger partial charge in [0.15, 0.2) is 6.10 Å². The van der Waals surface area contributed by atoms with Crippen molar-refractivity contribution in [3.63, 3.8) is 0 Å². The van der Waals surface area contributed by atoms with Crippen LogP contribution < -0.4 is 10.1 Å². The second kappa shape index (κ2) is 8.67. The summed E-state index contributed by atoms with van der Waals surface area (Å²) >= 11 is 3.37. The number of aryl methyl sites for hydroxylation is 1. The van der Waals surface area contributed by atoms with E-state index in [1.54, 1.807) is 26.1 Å². The molecule has 0 saturated heterocycles. The van der Waals surface area contributed by atoms with Gasteiger partial charge in [-0.25, -0.2) is 0 Å². The molecular weight excluding hydrogens is 384 g/mol. The van der Waals surface area contributed by atoms with Gasteiger partial charge in [-0.05, 0) is 59.6 Å². The van der Waals surface area contributed by atoms with Gasteiger partial charge in [-0.2, -0.15) is 0 Å². The van der Waals surface area contributed by atoms with Crippen molar-refractivity contribution in [1.82, 2.24) is 4.90 Å². The van der Waals surface area contributed by atoms with Crippen molar-refractivity contribution in [2.24, 2.45) is 0 Å². The maximum atomic E-state index is 12.4. The molecule has 0 spiro atoms. The van der Waals surface area contributed by atoms with Gasteiger partial charge in [-0.15, -0.1) is 0 Å². The first-order chi connectivity index (χ1) is 11.9. The molecule has 0 aromatic heterocycles. The monoisotopic (exact) mass is 404 g/mol. The van der Waals surface area contributed by atoms with Crippen LogP contribution >= 0.6 is 15.9 Å². The van der Waals surface area contributed by atoms with Crippen molar-refractivity contribution >= 4 is 33.4 Å². The van der Waals surface area contributed by atoms with E-state index in [4.69, 9.17) is 4.74 Å². The standard InChI is InChI=1S/C19H21BrN2O3/c1-13-7-6-8-15(11-13)25-14(2)19(24)22(3)12-18(23)21-17-10-5-4-9-16(17)20/h4-11,14H,12H2,1-3H3,(H,21,23)/t14-/m0/s1. The number of hydrogen-bond donors (Lipinski definition) is 1. The summed E-state index contributed by atoms with van der Waals surface area (Å²) in [6.45, 7) is 3.58. The van der Waals surface area contributed by atoms with Crippen LogP contribution in [0.3, 0.4) is 0 Å². The fraction of sp³-hybridized carbons (Fsp3) is 0.263. The molecule has 1 atom stereocenters. The van der Waals surface area contributed by atoms with Crippen molar-refractivity contribution in [3.05, 3.63) is 58.6 Å². The Bertz CT molecular complexity index is 764. The summed E-state index contributed by atoms with van der Waals surface area (Å²) in [5, 5.41) is 2.77. The zero-order valence-corrected chi connectivity index (χ0v) is 16.0. The minimum atomic E-state index is -0.678. The number of carbonyl (C=O) groups is 2. The number of anilines is 1. The van der Waals surface area contributed by atoms with Gasteiger partial charge in [-0.1, -0.05) is 24.3 Å². The summed E-state index contributed by atoms with van der Waals surface area (Å²) in [5.41, 5.74) is 1.72. The van der Waals surface area contributed by atoms with E-state index in [1.807, 2.05) is 43.3 Å². The lowest BCUT2D eigenvalue weighted by atomic mass is 10.2. The smallest absolute Gasteiger partial charge is 0.263 e. The van der Waals surface area contributed by atoms with Crippen LogP contribution in [0.1, 0.15) is 12.5 Å². The van der Waals surface area contributed by atoms with E-state index in [9.17, 15) is 9.59 Å². The molecule has 2 rings (SSSR count).